The quantitative estimate of drug-likeness (QED) is 0.899. The van der Waals surface area contributed by atoms with Crippen LogP contribution in [-0.2, 0) is 6.54 Å². The van der Waals surface area contributed by atoms with Crippen molar-refractivity contribution in [1.29, 1.82) is 0 Å². The number of rotatable bonds is 4. The highest BCUT2D eigenvalue weighted by Gasteiger charge is 2.43. The second-order valence-electron chi connectivity index (χ2n) is 6.49. The van der Waals surface area contributed by atoms with Gasteiger partial charge in [-0.2, -0.15) is 0 Å². The van der Waals surface area contributed by atoms with Crippen LogP contribution in [-0.4, -0.2) is 24.5 Å². The van der Waals surface area contributed by atoms with Crippen LogP contribution in [0.5, 0.6) is 0 Å². The summed E-state index contributed by atoms with van der Waals surface area (Å²) >= 11 is 0. The minimum Gasteiger partial charge on any atom is -0.330 e. The molecule has 0 spiro atoms. The lowest BCUT2D eigenvalue weighted by molar-refractivity contribution is 0.169. The van der Waals surface area contributed by atoms with Crippen LogP contribution in [0.25, 0.3) is 0 Å². The molecule has 2 aliphatic rings. The number of nitrogens with zero attached hydrogens (tertiary/aromatic N) is 1. The Bertz CT molecular complexity index is 397. The van der Waals surface area contributed by atoms with E-state index in [-0.39, 0.29) is 0 Å². The van der Waals surface area contributed by atoms with E-state index in [0.717, 1.165) is 19.0 Å². The van der Waals surface area contributed by atoms with Crippen molar-refractivity contribution in [1.82, 2.24) is 4.90 Å². The fourth-order valence-corrected chi connectivity index (χ4v) is 4.17. The Morgan fingerprint density at radius 3 is 2.58 bits per heavy atom. The molecule has 1 aliphatic heterocycles. The number of hydrogen-bond acceptors (Lipinski definition) is 2. The number of nitrogens with two attached hydrogens (primary N) is 1. The van der Waals surface area contributed by atoms with Gasteiger partial charge in [-0.15, -0.1) is 0 Å². The number of likely N-dealkylation sites (tertiary alicyclic amines) is 1. The molecule has 2 nitrogen and oxygen atoms in total. The molecule has 19 heavy (non-hydrogen) atoms. The third-order valence-corrected chi connectivity index (χ3v) is 5.34. The van der Waals surface area contributed by atoms with Gasteiger partial charge in [-0.25, -0.2) is 0 Å². The number of benzene rings is 1. The maximum Gasteiger partial charge on any atom is 0.0233 e. The van der Waals surface area contributed by atoms with Crippen molar-refractivity contribution in [3.63, 3.8) is 0 Å². The first-order chi connectivity index (χ1) is 9.32. The lowest BCUT2D eigenvalue weighted by Gasteiger charge is -2.34. The first-order valence-electron chi connectivity index (χ1n) is 7.79. The SMILES string of the molecule is NCC1(C2CCCC2)CCN(Cc2ccccc2)C1. The zero-order chi connectivity index (χ0) is 13.1. The van der Waals surface area contributed by atoms with Crippen LogP contribution in [0.3, 0.4) is 0 Å². The third-order valence-electron chi connectivity index (χ3n) is 5.34. The lowest BCUT2D eigenvalue weighted by Crippen LogP contribution is -2.39. The van der Waals surface area contributed by atoms with Gasteiger partial charge in [0, 0.05) is 13.1 Å². The van der Waals surface area contributed by atoms with E-state index in [1.807, 2.05) is 0 Å². The summed E-state index contributed by atoms with van der Waals surface area (Å²) in [4.78, 5) is 2.61. The van der Waals surface area contributed by atoms with E-state index < -0.39 is 0 Å². The fraction of sp³-hybridized carbons (Fsp3) is 0.647. The molecule has 104 valence electrons. The Hall–Kier alpha value is -0.860. The van der Waals surface area contributed by atoms with Crippen LogP contribution in [0.2, 0.25) is 0 Å². The van der Waals surface area contributed by atoms with Gasteiger partial charge in [0.1, 0.15) is 0 Å². The topological polar surface area (TPSA) is 29.3 Å². The van der Waals surface area contributed by atoms with Gasteiger partial charge >= 0.3 is 0 Å². The molecule has 2 fully saturated rings. The lowest BCUT2D eigenvalue weighted by atomic mass is 9.73. The van der Waals surface area contributed by atoms with Crippen molar-refractivity contribution in [2.75, 3.05) is 19.6 Å². The second-order valence-corrected chi connectivity index (χ2v) is 6.49. The van der Waals surface area contributed by atoms with E-state index in [1.165, 1.54) is 50.8 Å². The van der Waals surface area contributed by atoms with Crippen molar-refractivity contribution in [2.45, 2.75) is 38.6 Å². The Morgan fingerprint density at radius 1 is 1.16 bits per heavy atom. The first kappa shape index (κ1) is 13.1. The van der Waals surface area contributed by atoms with Gasteiger partial charge in [0.2, 0.25) is 0 Å². The molecule has 3 rings (SSSR count). The molecule has 2 heteroatoms. The summed E-state index contributed by atoms with van der Waals surface area (Å²) < 4.78 is 0. The van der Waals surface area contributed by atoms with Crippen molar-refractivity contribution >= 4 is 0 Å². The predicted molar refractivity (Wildman–Crippen MR) is 79.8 cm³/mol. The minimum absolute atomic E-state index is 0.422. The molecule has 1 heterocycles. The molecular formula is C17H26N2. The molecule has 1 unspecified atom stereocenters. The van der Waals surface area contributed by atoms with E-state index in [2.05, 4.69) is 35.2 Å². The Kier molecular flexibility index (Phi) is 3.90. The molecule has 1 saturated heterocycles. The Balaban J connectivity index is 1.65. The second kappa shape index (κ2) is 5.64. The molecule has 0 aromatic heterocycles. The van der Waals surface area contributed by atoms with Gasteiger partial charge in [0.25, 0.3) is 0 Å². The van der Waals surface area contributed by atoms with E-state index in [0.29, 0.717) is 5.41 Å². The fourth-order valence-electron chi connectivity index (χ4n) is 4.17. The van der Waals surface area contributed by atoms with Gasteiger partial charge < -0.3 is 5.73 Å². The van der Waals surface area contributed by atoms with Gasteiger partial charge in [0.15, 0.2) is 0 Å². The highest BCUT2D eigenvalue weighted by molar-refractivity contribution is 5.15. The third kappa shape index (κ3) is 2.70. The summed E-state index contributed by atoms with van der Waals surface area (Å²) in [6, 6.07) is 10.8. The van der Waals surface area contributed by atoms with E-state index in [1.54, 1.807) is 0 Å². The molecule has 0 bridgehead atoms. The van der Waals surface area contributed by atoms with Gasteiger partial charge in [-0.05, 0) is 49.2 Å². The predicted octanol–water partition coefficient (Wildman–Crippen LogP) is 3.03. The van der Waals surface area contributed by atoms with Crippen LogP contribution in [0.1, 0.15) is 37.7 Å². The smallest absolute Gasteiger partial charge is 0.0233 e. The molecule has 1 aromatic rings. The summed E-state index contributed by atoms with van der Waals surface area (Å²) in [7, 11) is 0. The Morgan fingerprint density at radius 2 is 1.89 bits per heavy atom. The van der Waals surface area contributed by atoms with Crippen molar-refractivity contribution < 1.29 is 0 Å². The maximum absolute atomic E-state index is 6.18. The van der Waals surface area contributed by atoms with Crippen LogP contribution >= 0.6 is 0 Å². The monoisotopic (exact) mass is 258 g/mol. The Labute approximate surface area is 117 Å². The van der Waals surface area contributed by atoms with Crippen LogP contribution < -0.4 is 5.73 Å². The molecule has 2 N–H and O–H groups in total. The van der Waals surface area contributed by atoms with Crippen LogP contribution in [0.4, 0.5) is 0 Å². The summed E-state index contributed by atoms with van der Waals surface area (Å²) in [5.74, 6) is 0.887. The van der Waals surface area contributed by atoms with Crippen LogP contribution in [0, 0.1) is 11.3 Å². The van der Waals surface area contributed by atoms with E-state index >= 15 is 0 Å². The van der Waals surface area contributed by atoms with Gasteiger partial charge in [0.05, 0.1) is 0 Å². The summed E-state index contributed by atoms with van der Waals surface area (Å²) in [6.07, 6.45) is 6.98. The summed E-state index contributed by atoms with van der Waals surface area (Å²) in [5, 5.41) is 0. The van der Waals surface area contributed by atoms with E-state index in [9.17, 15) is 0 Å². The first-order valence-corrected chi connectivity index (χ1v) is 7.79. The standard InChI is InChI=1S/C17H26N2/c18-13-17(16-8-4-5-9-16)10-11-19(14-17)12-15-6-2-1-3-7-15/h1-3,6-7,16H,4-5,8-14,18H2. The molecule has 1 aliphatic carbocycles. The van der Waals surface area contributed by atoms with E-state index in [4.69, 9.17) is 5.73 Å². The van der Waals surface area contributed by atoms with Gasteiger partial charge in [-0.1, -0.05) is 43.2 Å². The highest BCUT2D eigenvalue weighted by Crippen LogP contribution is 2.45. The van der Waals surface area contributed by atoms with Gasteiger partial charge in [-0.3, -0.25) is 4.90 Å². The van der Waals surface area contributed by atoms with Crippen molar-refractivity contribution in [3.8, 4) is 0 Å². The highest BCUT2D eigenvalue weighted by atomic mass is 15.2. The summed E-state index contributed by atoms with van der Waals surface area (Å²) in [6.45, 7) is 4.41. The zero-order valence-electron chi connectivity index (χ0n) is 11.9. The molecule has 1 aromatic carbocycles. The maximum atomic E-state index is 6.18. The van der Waals surface area contributed by atoms with Crippen molar-refractivity contribution in [3.05, 3.63) is 35.9 Å². The molecular weight excluding hydrogens is 232 g/mol. The molecule has 0 amide bonds. The van der Waals surface area contributed by atoms with Crippen LogP contribution in [0.15, 0.2) is 30.3 Å². The summed E-state index contributed by atoms with van der Waals surface area (Å²) in [5.41, 5.74) is 8.03. The normalized spacial score (nSPS) is 29.1. The average Bonchev–Trinajstić information content (AvgIpc) is 3.09. The number of hydrogen-bond donors (Lipinski definition) is 1. The molecule has 0 radical (unpaired) electrons. The zero-order valence-corrected chi connectivity index (χ0v) is 11.9. The molecule has 1 atom stereocenters. The molecule has 1 saturated carbocycles. The largest absolute Gasteiger partial charge is 0.330 e. The van der Waals surface area contributed by atoms with Crippen molar-refractivity contribution in [2.24, 2.45) is 17.1 Å². The average molecular weight is 258 g/mol. The minimum atomic E-state index is 0.422.